The van der Waals surface area contributed by atoms with Crippen LogP contribution in [0.5, 0.6) is 0 Å². The fourth-order valence-electron chi connectivity index (χ4n) is 3.52. The van der Waals surface area contributed by atoms with Crippen molar-refractivity contribution < 1.29 is 35.7 Å². The predicted molar refractivity (Wildman–Crippen MR) is 121 cm³/mol. The van der Waals surface area contributed by atoms with E-state index >= 15 is 4.39 Å². The number of hydrogen-bond donors (Lipinski definition) is 1. The van der Waals surface area contributed by atoms with Crippen LogP contribution >= 0.6 is 0 Å². The highest BCUT2D eigenvalue weighted by Gasteiger charge is 2.38. The lowest BCUT2D eigenvalue weighted by Crippen LogP contribution is -2.37. The normalized spacial score (nSPS) is 14.1. The Balaban J connectivity index is 2.80. The molecule has 188 valence electrons. The number of carbonyl (C=O) groups is 1. The van der Waals surface area contributed by atoms with Crippen molar-refractivity contribution in [2.45, 2.75) is 64.9 Å². The number of benzene rings is 2. The van der Waals surface area contributed by atoms with E-state index in [1.54, 1.807) is 27.7 Å². The van der Waals surface area contributed by atoms with Crippen molar-refractivity contribution in [3.05, 3.63) is 58.2 Å². The van der Waals surface area contributed by atoms with Crippen LogP contribution in [-0.4, -0.2) is 21.5 Å². The molecule has 0 radical (unpaired) electrons. The summed E-state index contributed by atoms with van der Waals surface area (Å²) in [6.07, 6.45) is -5.59. The molecule has 2 rings (SSSR count). The molecule has 0 aliphatic rings. The minimum atomic E-state index is -5.05. The van der Waals surface area contributed by atoms with Crippen LogP contribution in [0.15, 0.2) is 24.3 Å². The first-order valence-electron chi connectivity index (χ1n) is 10.6. The standard InChI is InChI=1S/C24H28F5NO3S/c1-7-33-20(31)12-19(30-34(32)23(4,5)6)17-10-15(11-18(22(17)26)24(27,28)29)21-13(2)8-16(25)9-14(21)3/h8-11,19,30H,7,12H2,1-6H3/t19-,34?/m0/s1. The number of aryl methyl sites for hydroxylation is 2. The van der Waals surface area contributed by atoms with Gasteiger partial charge in [-0.05, 0) is 88.1 Å². The summed E-state index contributed by atoms with van der Waals surface area (Å²) in [5.74, 6) is -2.93. The molecule has 0 amide bonds. The number of hydrogen-bond acceptors (Lipinski definition) is 3. The van der Waals surface area contributed by atoms with Gasteiger partial charge in [-0.2, -0.15) is 13.2 Å². The van der Waals surface area contributed by atoms with Crippen LogP contribution in [0, 0.1) is 25.5 Å². The van der Waals surface area contributed by atoms with E-state index in [2.05, 4.69) is 4.72 Å². The Hall–Kier alpha value is -2.33. The van der Waals surface area contributed by atoms with Gasteiger partial charge < -0.3 is 4.74 Å². The third kappa shape index (κ3) is 6.63. The Morgan fingerprint density at radius 1 is 1.06 bits per heavy atom. The highest BCUT2D eigenvalue weighted by molar-refractivity contribution is 7.84. The first kappa shape index (κ1) is 27.9. The summed E-state index contributed by atoms with van der Waals surface area (Å²) >= 11 is 0. The quantitative estimate of drug-likeness (QED) is 0.354. The average Bonchev–Trinajstić information content (AvgIpc) is 2.66. The molecule has 0 saturated heterocycles. The fourth-order valence-corrected chi connectivity index (χ4v) is 4.35. The third-order valence-corrected chi connectivity index (χ3v) is 6.66. The topological polar surface area (TPSA) is 55.4 Å². The van der Waals surface area contributed by atoms with Crippen molar-refractivity contribution in [1.82, 2.24) is 4.72 Å². The Morgan fingerprint density at radius 2 is 1.62 bits per heavy atom. The van der Waals surface area contributed by atoms with Crippen molar-refractivity contribution in [1.29, 1.82) is 0 Å². The van der Waals surface area contributed by atoms with Gasteiger partial charge in [0.15, 0.2) is 0 Å². The Bertz CT molecular complexity index is 1070. The van der Waals surface area contributed by atoms with Crippen LogP contribution in [-0.2, 0) is 26.7 Å². The van der Waals surface area contributed by atoms with E-state index in [0.717, 1.165) is 0 Å². The van der Waals surface area contributed by atoms with Crippen LogP contribution in [0.3, 0.4) is 0 Å². The second-order valence-electron chi connectivity index (χ2n) is 8.90. The van der Waals surface area contributed by atoms with Gasteiger partial charge >= 0.3 is 12.1 Å². The average molecular weight is 506 g/mol. The molecule has 0 heterocycles. The summed E-state index contributed by atoms with van der Waals surface area (Å²) < 4.78 is 89.9. The maximum absolute atomic E-state index is 15.3. The minimum Gasteiger partial charge on any atom is -0.466 e. The molecule has 34 heavy (non-hydrogen) atoms. The summed E-state index contributed by atoms with van der Waals surface area (Å²) in [5, 5.41) is 0. The van der Waals surface area contributed by atoms with Gasteiger partial charge in [0.2, 0.25) is 0 Å². The molecule has 0 spiro atoms. The zero-order chi connectivity index (χ0) is 26.0. The third-order valence-electron chi connectivity index (χ3n) is 5.05. The predicted octanol–water partition coefficient (Wildman–Crippen LogP) is 6.31. The van der Waals surface area contributed by atoms with Gasteiger partial charge in [-0.1, -0.05) is 0 Å². The van der Waals surface area contributed by atoms with Gasteiger partial charge in [0, 0.05) is 5.56 Å². The summed E-state index contributed by atoms with van der Waals surface area (Å²) in [7, 11) is -1.84. The van der Waals surface area contributed by atoms with Crippen LogP contribution in [0.25, 0.3) is 11.1 Å². The second kappa shape index (κ2) is 10.5. The van der Waals surface area contributed by atoms with E-state index in [1.807, 2.05) is 0 Å². The van der Waals surface area contributed by atoms with E-state index < -0.39 is 63.1 Å². The lowest BCUT2D eigenvalue weighted by molar-refractivity contribution is -0.143. The summed E-state index contributed by atoms with van der Waals surface area (Å²) in [6.45, 7) is 9.49. The van der Waals surface area contributed by atoms with Gasteiger partial charge in [-0.15, -0.1) is 0 Å². The monoisotopic (exact) mass is 505 g/mol. The number of nitrogens with one attached hydrogen (secondary N) is 1. The maximum Gasteiger partial charge on any atom is 0.419 e. The van der Waals surface area contributed by atoms with Crippen LogP contribution < -0.4 is 4.72 Å². The second-order valence-corrected chi connectivity index (χ2v) is 10.9. The number of esters is 1. The van der Waals surface area contributed by atoms with Crippen LogP contribution in [0.1, 0.15) is 62.4 Å². The first-order valence-corrected chi connectivity index (χ1v) is 11.7. The fraction of sp³-hybridized carbons (Fsp3) is 0.458. The van der Waals surface area contributed by atoms with Crippen LogP contribution in [0.2, 0.25) is 0 Å². The van der Waals surface area contributed by atoms with Crippen molar-refractivity contribution in [2.75, 3.05) is 6.61 Å². The van der Waals surface area contributed by atoms with Gasteiger partial charge in [0.05, 0.1) is 40.4 Å². The molecule has 0 aliphatic heterocycles. The molecule has 1 unspecified atom stereocenters. The van der Waals surface area contributed by atoms with Gasteiger partial charge in [0.25, 0.3) is 0 Å². The smallest absolute Gasteiger partial charge is 0.419 e. The zero-order valence-electron chi connectivity index (χ0n) is 19.8. The first-order chi connectivity index (χ1) is 15.6. The van der Waals surface area contributed by atoms with Crippen molar-refractivity contribution in [2.24, 2.45) is 0 Å². The number of alkyl halides is 3. The van der Waals surface area contributed by atoms with Crippen LogP contribution in [0.4, 0.5) is 22.0 Å². The van der Waals surface area contributed by atoms with E-state index in [9.17, 15) is 26.6 Å². The number of ether oxygens (including phenoxy) is 1. The molecule has 0 fully saturated rings. The molecule has 0 saturated carbocycles. The van der Waals surface area contributed by atoms with Crippen molar-refractivity contribution >= 4 is 17.0 Å². The molecule has 4 nitrogen and oxygen atoms in total. The molecular weight excluding hydrogens is 477 g/mol. The largest absolute Gasteiger partial charge is 0.466 e. The molecule has 0 aliphatic carbocycles. The molecule has 2 atom stereocenters. The van der Waals surface area contributed by atoms with E-state index in [4.69, 9.17) is 4.74 Å². The van der Waals surface area contributed by atoms with E-state index in [0.29, 0.717) is 22.8 Å². The van der Waals surface area contributed by atoms with Gasteiger partial charge in [0.1, 0.15) is 11.6 Å². The minimum absolute atomic E-state index is 0.00377. The molecule has 10 heteroatoms. The molecule has 2 aromatic rings. The maximum atomic E-state index is 15.3. The van der Waals surface area contributed by atoms with Gasteiger partial charge in [-0.25, -0.2) is 17.7 Å². The zero-order valence-corrected chi connectivity index (χ0v) is 20.6. The number of rotatable bonds is 7. The van der Waals surface area contributed by atoms with E-state index in [-0.39, 0.29) is 12.2 Å². The molecule has 0 aromatic heterocycles. The van der Waals surface area contributed by atoms with Crippen molar-refractivity contribution in [3.8, 4) is 11.1 Å². The van der Waals surface area contributed by atoms with E-state index in [1.165, 1.54) is 32.0 Å². The summed E-state index contributed by atoms with van der Waals surface area (Å²) in [4.78, 5) is 12.2. The SMILES string of the molecule is CCOC(=O)C[C@H](NS(=O)C(C)(C)C)c1cc(-c2c(C)cc(F)cc2C)cc(C(F)(F)F)c1F. The van der Waals surface area contributed by atoms with Crippen molar-refractivity contribution in [3.63, 3.8) is 0 Å². The molecule has 2 aromatic carbocycles. The summed E-state index contributed by atoms with van der Waals surface area (Å²) in [5.41, 5.74) is -1.01. The summed E-state index contributed by atoms with van der Waals surface area (Å²) in [6, 6.07) is 2.80. The number of halogens is 5. The van der Waals surface area contributed by atoms with Gasteiger partial charge in [-0.3, -0.25) is 4.79 Å². The highest BCUT2D eigenvalue weighted by Crippen LogP contribution is 2.40. The Kier molecular flexibility index (Phi) is 8.63. The highest BCUT2D eigenvalue weighted by atomic mass is 32.2. The lowest BCUT2D eigenvalue weighted by atomic mass is 9.90. The lowest BCUT2D eigenvalue weighted by Gasteiger charge is -2.26. The Labute approximate surface area is 198 Å². The molecule has 1 N–H and O–H groups in total. The molecular formula is C24H28F5NO3S. The Morgan fingerprint density at radius 3 is 2.09 bits per heavy atom. The number of carbonyl (C=O) groups excluding carboxylic acids is 1. The molecule has 0 bridgehead atoms.